The van der Waals surface area contributed by atoms with Gasteiger partial charge in [-0.25, -0.2) is 13.8 Å². The fourth-order valence-electron chi connectivity index (χ4n) is 4.49. The van der Waals surface area contributed by atoms with Crippen molar-refractivity contribution in [1.29, 1.82) is 0 Å². The maximum absolute atomic E-state index is 13.6. The van der Waals surface area contributed by atoms with Crippen molar-refractivity contribution < 1.29 is 8.78 Å². The molecule has 0 N–H and O–H groups in total. The van der Waals surface area contributed by atoms with Crippen molar-refractivity contribution in [3.05, 3.63) is 102 Å². The van der Waals surface area contributed by atoms with Crippen molar-refractivity contribution >= 4 is 11.5 Å². The van der Waals surface area contributed by atoms with Crippen molar-refractivity contribution in [2.24, 2.45) is 0 Å². The molecule has 4 aromatic rings. The Morgan fingerprint density at radius 1 is 0.667 bits per heavy atom. The van der Waals surface area contributed by atoms with Crippen LogP contribution in [0.2, 0.25) is 0 Å². The molecule has 1 aliphatic heterocycles. The van der Waals surface area contributed by atoms with E-state index in [9.17, 15) is 8.78 Å². The lowest BCUT2D eigenvalue weighted by Crippen LogP contribution is -2.46. The van der Waals surface area contributed by atoms with Crippen LogP contribution in [0, 0.1) is 18.6 Å². The van der Waals surface area contributed by atoms with Gasteiger partial charge in [-0.05, 0) is 66.1 Å². The molecule has 0 atom stereocenters. The van der Waals surface area contributed by atoms with Crippen LogP contribution in [0.1, 0.15) is 5.69 Å². The largest absolute Gasteiger partial charge is 0.368 e. The molecule has 0 radical (unpaired) electrons. The van der Waals surface area contributed by atoms with E-state index in [4.69, 9.17) is 4.98 Å². The Balaban J connectivity index is 1.50. The Kier molecular flexibility index (Phi) is 5.78. The number of anilines is 2. The lowest BCUT2D eigenvalue weighted by atomic mass is 9.93. The van der Waals surface area contributed by atoms with Crippen LogP contribution in [0.5, 0.6) is 0 Å². The lowest BCUT2D eigenvalue weighted by Gasteiger charge is -2.37. The highest BCUT2D eigenvalue weighted by atomic mass is 19.1. The first-order valence-electron chi connectivity index (χ1n) is 11.2. The standard InChI is InChI=1S/C28H25F2N3/c1-20-28(22-9-13-24(30)14-10-22)26(21-7-11-23(29)12-8-21)19-27(31-20)33-17-15-32(16-18-33)25-5-3-2-4-6-25/h2-14,19H,15-18H2,1H3. The minimum Gasteiger partial charge on any atom is -0.368 e. The second-order valence-electron chi connectivity index (χ2n) is 8.31. The minimum absolute atomic E-state index is 0.273. The van der Waals surface area contributed by atoms with Gasteiger partial charge in [-0.15, -0.1) is 0 Å². The number of benzene rings is 3. The average Bonchev–Trinajstić information content (AvgIpc) is 2.85. The molecule has 0 bridgehead atoms. The summed E-state index contributed by atoms with van der Waals surface area (Å²) in [7, 11) is 0. The molecule has 33 heavy (non-hydrogen) atoms. The number of rotatable bonds is 4. The van der Waals surface area contributed by atoms with Crippen LogP contribution in [0.4, 0.5) is 20.3 Å². The molecular formula is C28H25F2N3. The molecule has 3 nitrogen and oxygen atoms in total. The molecule has 0 unspecified atom stereocenters. The van der Waals surface area contributed by atoms with Gasteiger partial charge in [-0.1, -0.05) is 42.5 Å². The molecule has 5 heteroatoms. The van der Waals surface area contributed by atoms with E-state index in [2.05, 4.69) is 40.1 Å². The number of hydrogen-bond donors (Lipinski definition) is 0. The van der Waals surface area contributed by atoms with Gasteiger partial charge in [-0.3, -0.25) is 0 Å². The smallest absolute Gasteiger partial charge is 0.129 e. The number of piperazine rings is 1. The number of hydrogen-bond acceptors (Lipinski definition) is 3. The molecule has 0 spiro atoms. The zero-order chi connectivity index (χ0) is 22.8. The molecule has 1 aromatic heterocycles. The van der Waals surface area contributed by atoms with Crippen LogP contribution in [0.15, 0.2) is 84.9 Å². The van der Waals surface area contributed by atoms with Gasteiger partial charge in [0, 0.05) is 43.1 Å². The minimum atomic E-state index is -0.277. The maximum Gasteiger partial charge on any atom is 0.129 e. The van der Waals surface area contributed by atoms with Crippen molar-refractivity contribution in [3.63, 3.8) is 0 Å². The van der Waals surface area contributed by atoms with Gasteiger partial charge in [-0.2, -0.15) is 0 Å². The third-order valence-corrected chi connectivity index (χ3v) is 6.20. The summed E-state index contributed by atoms with van der Waals surface area (Å²) in [6.07, 6.45) is 0. The molecule has 3 aromatic carbocycles. The third kappa shape index (κ3) is 4.44. The van der Waals surface area contributed by atoms with Crippen LogP contribution in [0.3, 0.4) is 0 Å². The number of aromatic nitrogens is 1. The summed E-state index contributed by atoms with van der Waals surface area (Å²) >= 11 is 0. The van der Waals surface area contributed by atoms with E-state index in [1.807, 2.05) is 13.0 Å². The maximum atomic E-state index is 13.6. The predicted molar refractivity (Wildman–Crippen MR) is 131 cm³/mol. The summed E-state index contributed by atoms with van der Waals surface area (Å²) in [5, 5.41) is 0. The van der Waals surface area contributed by atoms with Gasteiger partial charge in [0.15, 0.2) is 0 Å². The monoisotopic (exact) mass is 441 g/mol. The molecule has 0 aliphatic carbocycles. The fourth-order valence-corrected chi connectivity index (χ4v) is 4.49. The van der Waals surface area contributed by atoms with E-state index < -0.39 is 0 Å². The summed E-state index contributed by atoms with van der Waals surface area (Å²) < 4.78 is 27.2. The van der Waals surface area contributed by atoms with Crippen molar-refractivity contribution in [3.8, 4) is 22.3 Å². The Hall–Kier alpha value is -3.73. The van der Waals surface area contributed by atoms with Crippen molar-refractivity contribution in [1.82, 2.24) is 4.98 Å². The molecular weight excluding hydrogens is 416 g/mol. The predicted octanol–water partition coefficient (Wildman–Crippen LogP) is 6.33. The number of pyridine rings is 1. The Labute approximate surface area is 192 Å². The second kappa shape index (κ2) is 9.02. The average molecular weight is 442 g/mol. The first-order chi connectivity index (χ1) is 16.1. The first kappa shape index (κ1) is 21.1. The van der Waals surface area contributed by atoms with Crippen LogP contribution < -0.4 is 9.80 Å². The number of para-hydroxylation sites is 1. The van der Waals surface area contributed by atoms with E-state index in [1.54, 1.807) is 24.3 Å². The quantitative estimate of drug-likeness (QED) is 0.369. The van der Waals surface area contributed by atoms with E-state index in [0.29, 0.717) is 0 Å². The number of nitrogens with zero attached hydrogens (tertiary/aromatic N) is 3. The summed E-state index contributed by atoms with van der Waals surface area (Å²) in [5.74, 6) is 0.358. The first-order valence-corrected chi connectivity index (χ1v) is 11.2. The summed E-state index contributed by atoms with van der Waals surface area (Å²) in [6.45, 7) is 5.53. The van der Waals surface area contributed by atoms with Crippen LogP contribution in [-0.2, 0) is 0 Å². The summed E-state index contributed by atoms with van der Waals surface area (Å²) in [6, 6.07) is 25.5. The van der Waals surface area contributed by atoms with Gasteiger partial charge >= 0.3 is 0 Å². The molecule has 1 saturated heterocycles. The molecule has 0 amide bonds. The van der Waals surface area contributed by atoms with Crippen LogP contribution >= 0.6 is 0 Å². The molecule has 1 fully saturated rings. The fraction of sp³-hybridized carbons (Fsp3) is 0.179. The zero-order valence-corrected chi connectivity index (χ0v) is 18.5. The van der Waals surface area contributed by atoms with Crippen LogP contribution in [-0.4, -0.2) is 31.2 Å². The SMILES string of the molecule is Cc1nc(N2CCN(c3ccccc3)CC2)cc(-c2ccc(F)cc2)c1-c1ccc(F)cc1. The van der Waals surface area contributed by atoms with Crippen LogP contribution in [0.25, 0.3) is 22.3 Å². The molecule has 5 rings (SSSR count). The number of halogens is 2. The van der Waals surface area contributed by atoms with E-state index in [0.717, 1.165) is 59.9 Å². The Morgan fingerprint density at radius 3 is 1.82 bits per heavy atom. The van der Waals surface area contributed by atoms with Crippen molar-refractivity contribution in [2.75, 3.05) is 36.0 Å². The van der Waals surface area contributed by atoms with Gasteiger partial charge < -0.3 is 9.80 Å². The molecule has 166 valence electrons. The summed E-state index contributed by atoms with van der Waals surface area (Å²) in [5.41, 5.74) is 5.80. The normalized spacial score (nSPS) is 13.9. The third-order valence-electron chi connectivity index (χ3n) is 6.20. The van der Waals surface area contributed by atoms with E-state index in [-0.39, 0.29) is 11.6 Å². The van der Waals surface area contributed by atoms with Gasteiger partial charge in [0.2, 0.25) is 0 Å². The number of aryl methyl sites for hydroxylation is 1. The van der Waals surface area contributed by atoms with Gasteiger partial charge in [0.05, 0.1) is 0 Å². The molecule has 0 saturated carbocycles. The highest BCUT2D eigenvalue weighted by molar-refractivity contribution is 5.86. The second-order valence-corrected chi connectivity index (χ2v) is 8.31. The Morgan fingerprint density at radius 2 is 1.21 bits per heavy atom. The van der Waals surface area contributed by atoms with Crippen molar-refractivity contribution in [2.45, 2.75) is 6.92 Å². The highest BCUT2D eigenvalue weighted by Crippen LogP contribution is 2.37. The van der Waals surface area contributed by atoms with E-state index >= 15 is 0 Å². The van der Waals surface area contributed by atoms with E-state index in [1.165, 1.54) is 30.0 Å². The van der Waals surface area contributed by atoms with Gasteiger partial charge in [0.25, 0.3) is 0 Å². The highest BCUT2D eigenvalue weighted by Gasteiger charge is 2.21. The zero-order valence-electron chi connectivity index (χ0n) is 18.5. The summed E-state index contributed by atoms with van der Waals surface area (Å²) in [4.78, 5) is 9.62. The Bertz CT molecular complexity index is 1230. The molecule has 1 aliphatic rings. The lowest BCUT2D eigenvalue weighted by molar-refractivity contribution is 0.627. The van der Waals surface area contributed by atoms with Gasteiger partial charge in [0.1, 0.15) is 17.5 Å². The topological polar surface area (TPSA) is 19.4 Å². The molecule has 2 heterocycles.